The molecule has 0 aliphatic carbocycles. The first-order valence-electron chi connectivity index (χ1n) is 5.84. The maximum Gasteiger partial charge on any atom is 0.263 e. The zero-order valence-corrected chi connectivity index (χ0v) is 12.5. The smallest absolute Gasteiger partial charge is 0.263 e. The van der Waals surface area contributed by atoms with Crippen LogP contribution in [0, 0.1) is 10.1 Å². The van der Waals surface area contributed by atoms with Crippen LogP contribution in [0.15, 0.2) is 45.9 Å². The van der Waals surface area contributed by atoms with Crippen LogP contribution in [0.2, 0.25) is 0 Å². The maximum absolute atomic E-state index is 11.9. The highest BCUT2D eigenvalue weighted by Crippen LogP contribution is 2.30. The van der Waals surface area contributed by atoms with Crippen LogP contribution in [0.4, 0.5) is 11.4 Å². The molecule has 7 heteroatoms. The summed E-state index contributed by atoms with van der Waals surface area (Å²) in [4.78, 5) is 14.2. The minimum Gasteiger partial charge on any atom is -0.867 e. The van der Waals surface area contributed by atoms with Crippen molar-refractivity contribution in [2.75, 3.05) is 7.11 Å². The van der Waals surface area contributed by atoms with Crippen molar-refractivity contribution in [2.24, 2.45) is 4.99 Å². The number of hydrogen-bond acceptors (Lipinski definition) is 5. The van der Waals surface area contributed by atoms with Crippen LogP contribution in [0.5, 0.6) is 11.5 Å². The molecule has 0 bridgehead atoms. The Bertz CT molecular complexity index is 699. The number of nitrogens with zero attached hydrogens (tertiary/aromatic N) is 2. The fraction of sp³-hybridized carbons (Fsp3) is 0.0714. The van der Waals surface area contributed by atoms with E-state index in [1.165, 1.54) is 18.3 Å². The van der Waals surface area contributed by atoms with E-state index in [-0.39, 0.29) is 5.56 Å². The molecule has 0 N–H and O–H groups in total. The van der Waals surface area contributed by atoms with Gasteiger partial charge in [-0.25, -0.2) is 0 Å². The predicted octanol–water partition coefficient (Wildman–Crippen LogP) is 3.19. The summed E-state index contributed by atoms with van der Waals surface area (Å²) >= 11 is 3.14. The third-order valence-corrected chi connectivity index (χ3v) is 3.14. The molecule has 0 aliphatic heterocycles. The Kier molecular flexibility index (Phi) is 4.54. The van der Waals surface area contributed by atoms with Crippen molar-refractivity contribution in [1.82, 2.24) is 0 Å². The average Bonchev–Trinajstić information content (AvgIpc) is 2.48. The molecule has 2 aromatic carbocycles. The third kappa shape index (κ3) is 3.57. The van der Waals surface area contributed by atoms with Gasteiger partial charge < -0.3 is 9.84 Å². The Morgan fingerprint density at radius 1 is 1.29 bits per heavy atom. The quantitative estimate of drug-likeness (QED) is 0.481. The van der Waals surface area contributed by atoms with Crippen LogP contribution in [0.3, 0.4) is 0 Å². The zero-order valence-electron chi connectivity index (χ0n) is 10.9. The van der Waals surface area contributed by atoms with E-state index < -0.39 is 16.4 Å². The molecule has 2 aromatic rings. The Morgan fingerprint density at radius 3 is 2.52 bits per heavy atom. The van der Waals surface area contributed by atoms with Crippen LogP contribution < -0.4 is 9.84 Å². The van der Waals surface area contributed by atoms with Gasteiger partial charge in [0.05, 0.1) is 17.7 Å². The Balaban J connectivity index is 2.33. The summed E-state index contributed by atoms with van der Waals surface area (Å²) in [5.74, 6) is 0.0250. The van der Waals surface area contributed by atoms with E-state index in [2.05, 4.69) is 20.9 Å². The van der Waals surface area contributed by atoms with Crippen molar-refractivity contribution in [3.63, 3.8) is 0 Å². The van der Waals surface area contributed by atoms with E-state index in [1.54, 1.807) is 31.4 Å². The lowest BCUT2D eigenvalue weighted by atomic mass is 10.2. The van der Waals surface area contributed by atoms with Gasteiger partial charge in [-0.05, 0) is 41.6 Å². The number of ether oxygens (including phenoxy) is 1. The van der Waals surface area contributed by atoms with Gasteiger partial charge in [0.1, 0.15) is 5.75 Å². The lowest BCUT2D eigenvalue weighted by molar-refractivity contribution is -0.398. The minimum atomic E-state index is -0.711. The van der Waals surface area contributed by atoms with Gasteiger partial charge in [-0.2, -0.15) is 0 Å². The number of rotatable bonds is 4. The fourth-order valence-electron chi connectivity index (χ4n) is 1.64. The van der Waals surface area contributed by atoms with Crippen LogP contribution in [-0.4, -0.2) is 18.2 Å². The van der Waals surface area contributed by atoms with E-state index in [0.717, 1.165) is 0 Å². The third-order valence-electron chi connectivity index (χ3n) is 2.68. The number of nitro benzene ring substituents is 1. The number of benzene rings is 2. The van der Waals surface area contributed by atoms with Gasteiger partial charge in [0, 0.05) is 16.8 Å². The SMILES string of the molecule is COc1ccc(N=Cc2cc(Br)cc([N+](=O)[O-])c2[O-])cc1. The van der Waals surface area contributed by atoms with E-state index in [0.29, 0.717) is 15.9 Å². The standard InChI is InChI=1S/C14H11BrN2O4/c1-21-12-4-2-11(3-5-12)16-8-9-6-10(15)7-13(14(9)18)17(19)20/h2-8,18H,1H3/p-1. The molecule has 0 aliphatic rings. The number of hydrogen-bond donors (Lipinski definition) is 0. The van der Waals surface area contributed by atoms with Crippen molar-refractivity contribution in [3.05, 3.63) is 56.5 Å². The Hall–Kier alpha value is -2.41. The first kappa shape index (κ1) is 15.0. The largest absolute Gasteiger partial charge is 0.867 e. The molecule has 0 spiro atoms. The second-order valence-electron chi connectivity index (χ2n) is 4.06. The summed E-state index contributed by atoms with van der Waals surface area (Å²) in [7, 11) is 1.56. The van der Waals surface area contributed by atoms with Gasteiger partial charge in [-0.1, -0.05) is 15.9 Å². The summed E-state index contributed by atoms with van der Waals surface area (Å²) in [6, 6.07) is 9.55. The summed E-state index contributed by atoms with van der Waals surface area (Å²) in [5, 5.41) is 22.7. The molecule has 2 rings (SSSR count). The van der Waals surface area contributed by atoms with Gasteiger partial charge in [0.25, 0.3) is 5.69 Å². The van der Waals surface area contributed by atoms with E-state index >= 15 is 0 Å². The molecule has 0 aromatic heterocycles. The van der Waals surface area contributed by atoms with Gasteiger partial charge in [0.2, 0.25) is 0 Å². The predicted molar refractivity (Wildman–Crippen MR) is 80.5 cm³/mol. The molecule has 0 radical (unpaired) electrons. The van der Waals surface area contributed by atoms with E-state index in [1.807, 2.05) is 0 Å². The molecule has 0 saturated heterocycles. The summed E-state index contributed by atoms with van der Waals surface area (Å²) in [6.45, 7) is 0. The second-order valence-corrected chi connectivity index (χ2v) is 4.97. The average molecular weight is 350 g/mol. The molecule has 6 nitrogen and oxygen atoms in total. The number of halogens is 1. The van der Waals surface area contributed by atoms with Gasteiger partial charge in [-0.15, -0.1) is 0 Å². The molecule has 0 fully saturated rings. The summed E-state index contributed by atoms with van der Waals surface area (Å²) in [6.07, 6.45) is 1.31. The molecule has 0 saturated carbocycles. The monoisotopic (exact) mass is 349 g/mol. The summed E-state index contributed by atoms with van der Waals surface area (Å²) < 4.78 is 5.47. The zero-order chi connectivity index (χ0) is 15.4. The Labute approximate surface area is 129 Å². The van der Waals surface area contributed by atoms with Crippen molar-refractivity contribution in [1.29, 1.82) is 0 Å². The van der Waals surface area contributed by atoms with Gasteiger partial charge in [-0.3, -0.25) is 15.1 Å². The second kappa shape index (κ2) is 6.36. The lowest BCUT2D eigenvalue weighted by Crippen LogP contribution is -2.02. The number of methoxy groups -OCH3 is 1. The van der Waals surface area contributed by atoms with Crippen LogP contribution in [-0.2, 0) is 0 Å². The highest BCUT2D eigenvalue weighted by atomic mass is 79.9. The first-order valence-corrected chi connectivity index (χ1v) is 6.63. The van der Waals surface area contributed by atoms with Crippen LogP contribution in [0.25, 0.3) is 0 Å². The van der Waals surface area contributed by atoms with E-state index in [9.17, 15) is 15.2 Å². The Morgan fingerprint density at radius 2 is 1.95 bits per heavy atom. The number of aliphatic imine (C=N–C) groups is 1. The molecule has 21 heavy (non-hydrogen) atoms. The molecule has 0 heterocycles. The maximum atomic E-state index is 11.9. The van der Waals surface area contributed by atoms with Gasteiger partial charge >= 0.3 is 0 Å². The number of nitro groups is 1. The summed E-state index contributed by atoms with van der Waals surface area (Å²) in [5.41, 5.74) is 0.269. The van der Waals surface area contributed by atoms with Gasteiger partial charge in [0.15, 0.2) is 0 Å². The van der Waals surface area contributed by atoms with E-state index in [4.69, 9.17) is 4.74 Å². The highest BCUT2D eigenvalue weighted by molar-refractivity contribution is 9.10. The molecule has 0 amide bonds. The molecule has 108 valence electrons. The topological polar surface area (TPSA) is 87.8 Å². The molecule has 0 atom stereocenters. The highest BCUT2D eigenvalue weighted by Gasteiger charge is 2.10. The van der Waals surface area contributed by atoms with Crippen molar-refractivity contribution in [3.8, 4) is 11.5 Å². The molecular formula is C14H10BrN2O4-. The van der Waals surface area contributed by atoms with Crippen molar-refractivity contribution < 1.29 is 14.8 Å². The molecule has 0 unspecified atom stereocenters. The van der Waals surface area contributed by atoms with Crippen molar-refractivity contribution in [2.45, 2.75) is 0 Å². The fourth-order valence-corrected chi connectivity index (χ4v) is 2.11. The normalized spacial score (nSPS) is 10.8. The van der Waals surface area contributed by atoms with Crippen LogP contribution in [0.1, 0.15) is 5.56 Å². The first-order chi connectivity index (χ1) is 10.0. The van der Waals surface area contributed by atoms with Crippen molar-refractivity contribution >= 4 is 33.5 Å². The van der Waals surface area contributed by atoms with Crippen LogP contribution >= 0.6 is 15.9 Å². The molecular weight excluding hydrogens is 340 g/mol. The minimum absolute atomic E-state index is 0.145. The lowest BCUT2D eigenvalue weighted by Gasteiger charge is -2.10.